The highest BCUT2D eigenvalue weighted by molar-refractivity contribution is 6.02. The zero-order valence-corrected chi connectivity index (χ0v) is 15.6. The van der Waals surface area contributed by atoms with Crippen molar-refractivity contribution >= 4 is 11.6 Å². The van der Waals surface area contributed by atoms with Crippen LogP contribution in [-0.2, 0) is 10.4 Å². The predicted molar refractivity (Wildman–Crippen MR) is 103 cm³/mol. The lowest BCUT2D eigenvalue weighted by Gasteiger charge is -2.47. The highest BCUT2D eigenvalue weighted by atomic mass is 16.5. The van der Waals surface area contributed by atoms with E-state index in [0.717, 1.165) is 23.4 Å². The average Bonchev–Trinajstić information content (AvgIpc) is 2.65. The molecule has 1 heterocycles. The van der Waals surface area contributed by atoms with Gasteiger partial charge in [0.1, 0.15) is 11.4 Å². The number of anilines is 1. The molecule has 1 unspecified atom stereocenters. The Bertz CT molecular complexity index is 777. The summed E-state index contributed by atoms with van der Waals surface area (Å²) in [5.74, 6) is 0.804. The molecule has 0 bridgehead atoms. The summed E-state index contributed by atoms with van der Waals surface area (Å²) in [4.78, 5) is 15.2. The van der Waals surface area contributed by atoms with Crippen LogP contribution < -0.4 is 10.1 Å². The second kappa shape index (κ2) is 7.79. The molecule has 0 saturated carbocycles. The number of amides is 1. The minimum atomic E-state index is -0.703. The molecule has 138 valence electrons. The maximum absolute atomic E-state index is 13.3. The topological polar surface area (TPSA) is 50.8 Å². The van der Waals surface area contributed by atoms with Crippen LogP contribution in [0.1, 0.15) is 36.2 Å². The third-order valence-electron chi connectivity index (χ3n) is 4.76. The number of carbonyl (C=O) groups is 1. The van der Waals surface area contributed by atoms with Crippen molar-refractivity contribution in [1.82, 2.24) is 4.90 Å². The third kappa shape index (κ3) is 3.27. The van der Waals surface area contributed by atoms with Crippen LogP contribution in [0.4, 0.5) is 5.69 Å². The molecule has 1 aliphatic rings. The standard InChI is InChI=1S/C21H26N2O3/c1-4-26-19-13-8-6-11-17(19)21(2)22-18-12-7-5-10-16(18)20(24)23(21)14-9-15-25-3/h5-8,10-13,22H,4,9,14-15H2,1-3H3. The normalized spacial score (nSPS) is 19.0. The molecule has 0 saturated heterocycles. The van der Waals surface area contributed by atoms with E-state index in [9.17, 15) is 4.79 Å². The van der Waals surface area contributed by atoms with E-state index in [0.29, 0.717) is 25.3 Å². The molecule has 5 heteroatoms. The molecule has 1 atom stereocenters. The fourth-order valence-corrected chi connectivity index (χ4v) is 3.51. The zero-order chi connectivity index (χ0) is 18.6. The van der Waals surface area contributed by atoms with Gasteiger partial charge in [0.25, 0.3) is 5.91 Å². The van der Waals surface area contributed by atoms with Crippen molar-refractivity contribution in [3.8, 4) is 5.75 Å². The molecule has 2 aromatic rings. The Hall–Kier alpha value is -2.53. The van der Waals surface area contributed by atoms with Gasteiger partial charge < -0.3 is 19.7 Å². The average molecular weight is 354 g/mol. The number of hydrogen-bond donors (Lipinski definition) is 1. The number of methoxy groups -OCH3 is 1. The van der Waals surface area contributed by atoms with E-state index in [1.807, 2.05) is 67.3 Å². The Labute approximate surface area is 154 Å². The quantitative estimate of drug-likeness (QED) is 0.767. The molecule has 2 aromatic carbocycles. The summed E-state index contributed by atoms with van der Waals surface area (Å²) in [7, 11) is 1.68. The van der Waals surface area contributed by atoms with Crippen LogP contribution in [-0.4, -0.2) is 37.7 Å². The van der Waals surface area contributed by atoms with Gasteiger partial charge in [0.05, 0.1) is 12.2 Å². The molecule has 0 fully saturated rings. The van der Waals surface area contributed by atoms with Crippen LogP contribution in [0, 0.1) is 0 Å². The van der Waals surface area contributed by atoms with Crippen molar-refractivity contribution in [2.45, 2.75) is 25.9 Å². The van der Waals surface area contributed by atoms with Crippen LogP contribution in [0.25, 0.3) is 0 Å². The largest absolute Gasteiger partial charge is 0.493 e. The number of carbonyl (C=O) groups excluding carboxylic acids is 1. The third-order valence-corrected chi connectivity index (χ3v) is 4.76. The smallest absolute Gasteiger partial charge is 0.258 e. The second-order valence-electron chi connectivity index (χ2n) is 6.48. The fraction of sp³-hybridized carbons (Fsp3) is 0.381. The fourth-order valence-electron chi connectivity index (χ4n) is 3.51. The van der Waals surface area contributed by atoms with E-state index in [1.54, 1.807) is 7.11 Å². The van der Waals surface area contributed by atoms with Gasteiger partial charge in [0.2, 0.25) is 0 Å². The van der Waals surface area contributed by atoms with Gasteiger partial charge in [-0.3, -0.25) is 4.79 Å². The number of para-hydroxylation sites is 2. The van der Waals surface area contributed by atoms with E-state index in [2.05, 4.69) is 5.32 Å². The summed E-state index contributed by atoms with van der Waals surface area (Å²) in [6, 6.07) is 15.5. The molecule has 0 radical (unpaired) electrons. The van der Waals surface area contributed by atoms with Gasteiger partial charge in [-0.05, 0) is 38.5 Å². The SMILES string of the molecule is CCOc1ccccc1C1(C)Nc2ccccc2C(=O)N1CCCOC. The lowest BCUT2D eigenvalue weighted by Crippen LogP contribution is -2.56. The molecule has 1 amide bonds. The molecular weight excluding hydrogens is 328 g/mol. The van der Waals surface area contributed by atoms with Crippen molar-refractivity contribution in [2.24, 2.45) is 0 Å². The van der Waals surface area contributed by atoms with Crippen molar-refractivity contribution < 1.29 is 14.3 Å². The van der Waals surface area contributed by atoms with Crippen LogP contribution in [0.5, 0.6) is 5.75 Å². The monoisotopic (exact) mass is 354 g/mol. The number of rotatable bonds is 7. The minimum absolute atomic E-state index is 0.0178. The van der Waals surface area contributed by atoms with Gasteiger partial charge >= 0.3 is 0 Å². The Morgan fingerprint density at radius 1 is 1.12 bits per heavy atom. The van der Waals surface area contributed by atoms with E-state index >= 15 is 0 Å². The first-order chi connectivity index (χ1) is 12.6. The van der Waals surface area contributed by atoms with E-state index in [4.69, 9.17) is 9.47 Å². The molecule has 26 heavy (non-hydrogen) atoms. The van der Waals surface area contributed by atoms with Gasteiger partial charge in [-0.15, -0.1) is 0 Å². The van der Waals surface area contributed by atoms with Gasteiger partial charge in [0, 0.05) is 31.5 Å². The molecule has 0 aliphatic carbocycles. The Balaban J connectivity index is 2.08. The summed E-state index contributed by atoms with van der Waals surface area (Å²) in [5.41, 5.74) is 1.78. The van der Waals surface area contributed by atoms with Crippen molar-refractivity contribution in [3.05, 3.63) is 59.7 Å². The molecular formula is C21H26N2O3. The number of hydrogen-bond acceptors (Lipinski definition) is 4. The Morgan fingerprint density at radius 2 is 1.85 bits per heavy atom. The summed E-state index contributed by atoms with van der Waals surface area (Å²) >= 11 is 0. The van der Waals surface area contributed by atoms with Gasteiger partial charge in [-0.25, -0.2) is 0 Å². The van der Waals surface area contributed by atoms with Crippen LogP contribution in [0.15, 0.2) is 48.5 Å². The van der Waals surface area contributed by atoms with Crippen LogP contribution >= 0.6 is 0 Å². The van der Waals surface area contributed by atoms with Gasteiger partial charge in [0.15, 0.2) is 0 Å². The van der Waals surface area contributed by atoms with Gasteiger partial charge in [-0.1, -0.05) is 30.3 Å². The maximum Gasteiger partial charge on any atom is 0.258 e. The van der Waals surface area contributed by atoms with Crippen molar-refractivity contribution in [1.29, 1.82) is 0 Å². The second-order valence-corrected chi connectivity index (χ2v) is 6.48. The predicted octanol–water partition coefficient (Wildman–Crippen LogP) is 3.86. The van der Waals surface area contributed by atoms with Crippen LogP contribution in [0.2, 0.25) is 0 Å². The number of benzene rings is 2. The van der Waals surface area contributed by atoms with Crippen LogP contribution in [0.3, 0.4) is 0 Å². The Morgan fingerprint density at radius 3 is 2.62 bits per heavy atom. The first kappa shape index (κ1) is 18.3. The van der Waals surface area contributed by atoms with E-state index in [-0.39, 0.29) is 5.91 Å². The molecule has 5 nitrogen and oxygen atoms in total. The number of ether oxygens (including phenoxy) is 2. The summed E-state index contributed by atoms with van der Waals surface area (Å²) in [6.07, 6.45) is 0.762. The van der Waals surface area contributed by atoms with E-state index < -0.39 is 5.66 Å². The number of nitrogens with one attached hydrogen (secondary N) is 1. The van der Waals surface area contributed by atoms with Gasteiger partial charge in [-0.2, -0.15) is 0 Å². The van der Waals surface area contributed by atoms with Crippen molar-refractivity contribution in [2.75, 3.05) is 32.2 Å². The highest BCUT2D eigenvalue weighted by Crippen LogP contribution is 2.41. The first-order valence-corrected chi connectivity index (χ1v) is 9.02. The molecule has 3 rings (SSSR count). The highest BCUT2D eigenvalue weighted by Gasteiger charge is 2.43. The minimum Gasteiger partial charge on any atom is -0.493 e. The molecule has 0 aromatic heterocycles. The van der Waals surface area contributed by atoms with Crippen molar-refractivity contribution in [3.63, 3.8) is 0 Å². The molecule has 1 N–H and O–H groups in total. The summed E-state index contributed by atoms with van der Waals surface area (Å²) < 4.78 is 11.0. The molecule has 0 spiro atoms. The zero-order valence-electron chi connectivity index (χ0n) is 15.6. The number of fused-ring (bicyclic) bond motifs is 1. The summed E-state index contributed by atoms with van der Waals surface area (Å²) in [6.45, 7) is 5.76. The Kier molecular flexibility index (Phi) is 5.47. The van der Waals surface area contributed by atoms with E-state index in [1.165, 1.54) is 0 Å². The first-order valence-electron chi connectivity index (χ1n) is 9.02. The summed E-state index contributed by atoms with van der Waals surface area (Å²) in [5, 5.41) is 3.58. The lowest BCUT2D eigenvalue weighted by atomic mass is 9.92. The number of nitrogens with zero attached hydrogens (tertiary/aromatic N) is 1. The maximum atomic E-state index is 13.3. The molecule has 1 aliphatic heterocycles. The lowest BCUT2D eigenvalue weighted by molar-refractivity contribution is 0.0499.